The molecule has 10 rings (SSSR count). The van der Waals surface area contributed by atoms with E-state index in [2.05, 4.69) is 182 Å². The molecule has 295 valence electrons. The predicted molar refractivity (Wildman–Crippen MR) is 253 cm³/mol. The number of rotatable bonds is 6. The molecule has 0 bridgehead atoms. The van der Waals surface area contributed by atoms with Crippen LogP contribution in [-0.4, -0.2) is 27.8 Å². The molecule has 0 fully saturated rings. The standard InChI is InChI=1S/C39H31N2S.C14H16GeN.Ir/c1-23(2)26-13-9-14-27(24(3)4)36(26)41-35-18-8-7-17-34(35)40-39(41)33-16-10-15-30-32-22-21-29-28-12-6-5-11-25(28)19-20-31(29)37(32)42-38(30)33;1-15(2,3)13-9-10-14(16-11-13)12-7-5-4-6-8-12;/h5-15,17-24H,1-4H3;4-7,9-11H,1-3H3;/q2*-1;. The molecule has 7 aromatic carbocycles. The van der Waals surface area contributed by atoms with Gasteiger partial charge in [-0.25, -0.2) is 0 Å². The fourth-order valence-corrected chi connectivity index (χ4v) is 11.7. The minimum Gasteiger partial charge on any atom is 0 e. The molecule has 0 unspecified atom stereocenters. The van der Waals surface area contributed by atoms with Gasteiger partial charge in [0.15, 0.2) is 0 Å². The number of pyridine rings is 1. The van der Waals surface area contributed by atoms with Crippen molar-refractivity contribution in [3.8, 4) is 28.3 Å². The third-order valence-corrected chi connectivity index (χ3v) is 16.8. The first kappa shape index (κ1) is 40.9. The van der Waals surface area contributed by atoms with Crippen molar-refractivity contribution in [1.29, 1.82) is 0 Å². The summed E-state index contributed by atoms with van der Waals surface area (Å²) in [6, 6.07) is 56.6. The van der Waals surface area contributed by atoms with Crippen LogP contribution in [0.4, 0.5) is 0 Å². The van der Waals surface area contributed by atoms with Crippen LogP contribution >= 0.6 is 11.3 Å². The molecule has 3 aromatic heterocycles. The van der Waals surface area contributed by atoms with Gasteiger partial charge in [-0.1, -0.05) is 118 Å². The van der Waals surface area contributed by atoms with Crippen molar-refractivity contribution < 1.29 is 20.1 Å². The molecule has 10 aromatic rings. The maximum absolute atomic E-state index is 5.32. The van der Waals surface area contributed by atoms with Crippen LogP contribution in [0, 0.1) is 12.1 Å². The largest absolute Gasteiger partial charge is 0 e. The molecule has 0 aliphatic rings. The first-order chi connectivity index (χ1) is 28.1. The van der Waals surface area contributed by atoms with E-state index in [0.29, 0.717) is 11.8 Å². The second kappa shape index (κ2) is 16.6. The Labute approximate surface area is 367 Å². The molecule has 0 aliphatic carbocycles. The van der Waals surface area contributed by atoms with E-state index < -0.39 is 13.3 Å². The fourth-order valence-electron chi connectivity index (χ4n) is 8.19. The summed E-state index contributed by atoms with van der Waals surface area (Å²) in [5, 5.41) is 7.74. The molecule has 0 saturated carbocycles. The molecule has 0 N–H and O–H groups in total. The number of nitrogens with zero attached hydrogens (tertiary/aromatic N) is 3. The molecule has 1 radical (unpaired) electrons. The summed E-state index contributed by atoms with van der Waals surface area (Å²) in [4.78, 5) is 9.85. The van der Waals surface area contributed by atoms with Gasteiger partial charge >= 0.3 is 99.8 Å². The number of thiophene rings is 1. The second-order valence-corrected chi connectivity index (χ2v) is 28.5. The minimum atomic E-state index is -1.72. The number of imidazole rings is 1. The number of aromatic nitrogens is 3. The van der Waals surface area contributed by atoms with E-state index in [0.717, 1.165) is 33.7 Å². The van der Waals surface area contributed by atoms with Gasteiger partial charge in [-0.3, -0.25) is 4.98 Å². The molecule has 0 amide bonds. The molecular formula is C53H47GeIrN3S-2. The van der Waals surface area contributed by atoms with E-state index in [-0.39, 0.29) is 20.1 Å². The van der Waals surface area contributed by atoms with Crippen molar-refractivity contribution >= 4 is 81.7 Å². The zero-order valence-electron chi connectivity index (χ0n) is 34.6. The Balaban J connectivity index is 0.000000240. The number of benzene rings is 7. The number of para-hydroxylation sites is 3. The molecule has 0 atom stereocenters. The van der Waals surface area contributed by atoms with E-state index in [1.807, 2.05) is 41.8 Å². The van der Waals surface area contributed by atoms with Crippen LogP contribution in [0.3, 0.4) is 0 Å². The summed E-state index contributed by atoms with van der Waals surface area (Å²) in [6.07, 6.45) is 2.04. The van der Waals surface area contributed by atoms with Gasteiger partial charge in [0, 0.05) is 30.5 Å². The molecule has 6 heteroatoms. The third kappa shape index (κ3) is 7.59. The first-order valence-electron chi connectivity index (χ1n) is 20.3. The van der Waals surface area contributed by atoms with Gasteiger partial charge in [0.05, 0.1) is 16.9 Å². The van der Waals surface area contributed by atoms with Crippen molar-refractivity contribution in [3.63, 3.8) is 0 Å². The molecule has 0 spiro atoms. The van der Waals surface area contributed by atoms with Crippen LogP contribution in [0.5, 0.6) is 0 Å². The van der Waals surface area contributed by atoms with Gasteiger partial charge in [-0.05, 0) is 66.7 Å². The summed E-state index contributed by atoms with van der Waals surface area (Å²) in [6.45, 7) is 9.15. The van der Waals surface area contributed by atoms with Gasteiger partial charge in [0.25, 0.3) is 0 Å². The zero-order chi connectivity index (χ0) is 40.1. The van der Waals surface area contributed by atoms with Crippen molar-refractivity contribution in [2.75, 3.05) is 0 Å². The minimum absolute atomic E-state index is 0. The Morgan fingerprint density at radius 2 is 1.27 bits per heavy atom. The number of fused-ring (bicyclic) bond motifs is 8. The average Bonchev–Trinajstić information content (AvgIpc) is 3.82. The molecule has 3 nitrogen and oxygen atoms in total. The van der Waals surface area contributed by atoms with Gasteiger partial charge in [-0.2, -0.15) is 11.3 Å². The maximum atomic E-state index is 5.32. The Hall–Kier alpha value is -4.91. The van der Waals surface area contributed by atoms with Gasteiger partial charge in [0.1, 0.15) is 0 Å². The van der Waals surface area contributed by atoms with Crippen LogP contribution < -0.4 is 4.40 Å². The van der Waals surface area contributed by atoms with Crippen LogP contribution in [0.2, 0.25) is 17.3 Å². The summed E-state index contributed by atoms with van der Waals surface area (Å²) in [5.41, 5.74) is 9.21. The molecular weight excluding hydrogens is 975 g/mol. The molecule has 59 heavy (non-hydrogen) atoms. The molecule has 0 aliphatic heterocycles. The third-order valence-electron chi connectivity index (χ3n) is 11.3. The van der Waals surface area contributed by atoms with Crippen molar-refractivity contribution in [2.45, 2.75) is 56.8 Å². The first-order valence-corrected chi connectivity index (χ1v) is 28.5. The van der Waals surface area contributed by atoms with Crippen LogP contribution in [0.15, 0.2) is 146 Å². The van der Waals surface area contributed by atoms with Crippen molar-refractivity contribution in [2.24, 2.45) is 0 Å². The normalized spacial score (nSPS) is 11.8. The van der Waals surface area contributed by atoms with E-state index in [9.17, 15) is 0 Å². The van der Waals surface area contributed by atoms with E-state index in [1.54, 1.807) is 0 Å². The van der Waals surface area contributed by atoms with Crippen LogP contribution in [0.1, 0.15) is 50.7 Å². The smallest absolute Gasteiger partial charge is 0 e. The van der Waals surface area contributed by atoms with Gasteiger partial charge in [-0.15, -0.1) is 18.2 Å². The SMILES string of the molecule is CC(C)c1cccc(C(C)C)c1-n1c(-c2[c-]ccc3c2sc2c3ccc3c4ccccc4ccc32)nc2ccccc21.[CH3][Ge]([CH3])([CH3])[c]1ccc(-c2[c-]cccc2)nc1.[Ir]. The summed E-state index contributed by atoms with van der Waals surface area (Å²) >= 11 is 0.155. The molecule has 3 heterocycles. The zero-order valence-corrected chi connectivity index (χ0v) is 39.9. The monoisotopic (exact) mass is 1020 g/mol. The number of hydrogen-bond acceptors (Lipinski definition) is 3. The Morgan fingerprint density at radius 3 is 1.98 bits per heavy atom. The van der Waals surface area contributed by atoms with Crippen molar-refractivity contribution in [3.05, 3.63) is 169 Å². The quantitative estimate of drug-likeness (QED) is 0.0944. The van der Waals surface area contributed by atoms with Crippen LogP contribution in [0.25, 0.3) is 81.1 Å². The summed E-state index contributed by atoms with van der Waals surface area (Å²) in [7, 11) is 0. The fraction of sp³-hybridized carbons (Fsp3) is 0.170. The average molecular weight is 1020 g/mol. The summed E-state index contributed by atoms with van der Waals surface area (Å²) < 4.78 is 6.42. The summed E-state index contributed by atoms with van der Waals surface area (Å²) in [5.74, 6) is 8.84. The Bertz CT molecular complexity index is 3080. The van der Waals surface area contributed by atoms with Gasteiger partial charge < -0.3 is 4.57 Å². The van der Waals surface area contributed by atoms with Crippen LogP contribution in [-0.2, 0) is 20.1 Å². The Morgan fingerprint density at radius 1 is 0.593 bits per heavy atom. The van der Waals surface area contributed by atoms with E-state index >= 15 is 0 Å². The topological polar surface area (TPSA) is 30.7 Å². The maximum Gasteiger partial charge on any atom is 0 e. The van der Waals surface area contributed by atoms with Crippen molar-refractivity contribution in [1.82, 2.24) is 14.5 Å². The van der Waals surface area contributed by atoms with E-state index in [1.165, 1.54) is 62.9 Å². The Kier molecular flexibility index (Phi) is 11.5. The van der Waals surface area contributed by atoms with Gasteiger partial charge in [0.2, 0.25) is 0 Å². The second-order valence-electron chi connectivity index (χ2n) is 16.8. The number of hydrogen-bond donors (Lipinski definition) is 0. The molecule has 0 saturated heterocycles. The predicted octanol–water partition coefficient (Wildman–Crippen LogP) is 14.5. The van der Waals surface area contributed by atoms with E-state index in [4.69, 9.17) is 4.98 Å².